The highest BCUT2D eigenvalue weighted by Gasteiger charge is 2.40. The van der Waals surface area contributed by atoms with Crippen LogP contribution in [0.25, 0.3) is 0 Å². The van der Waals surface area contributed by atoms with Crippen molar-refractivity contribution in [2.45, 2.75) is 52.9 Å². The number of rotatable bonds is 4. The minimum absolute atomic E-state index is 0.517. The molecule has 0 aliphatic carbocycles. The summed E-state index contributed by atoms with van der Waals surface area (Å²) in [7, 11) is 0. The van der Waals surface area contributed by atoms with Gasteiger partial charge in [-0.2, -0.15) is 4.57 Å². The molecule has 2 rings (SSSR count). The molecule has 96 valence electrons. The summed E-state index contributed by atoms with van der Waals surface area (Å²) in [6, 6.07) is 0. The molecule has 0 radical (unpaired) electrons. The highest BCUT2D eigenvalue weighted by molar-refractivity contribution is 7.11. The second-order valence-electron chi connectivity index (χ2n) is 4.68. The highest BCUT2D eigenvalue weighted by Crippen LogP contribution is 2.36. The van der Waals surface area contributed by atoms with Gasteiger partial charge in [0, 0.05) is 20.3 Å². The Hall–Kier alpha value is -0.450. The van der Waals surface area contributed by atoms with Crippen LogP contribution in [-0.4, -0.2) is 13.2 Å². The van der Waals surface area contributed by atoms with E-state index in [9.17, 15) is 0 Å². The molecule has 0 N–H and O–H groups in total. The summed E-state index contributed by atoms with van der Waals surface area (Å²) in [5.41, 5.74) is 1.30. The van der Waals surface area contributed by atoms with Crippen LogP contribution in [0.4, 0.5) is 0 Å². The number of hydrogen-bond donors (Lipinski definition) is 0. The zero-order valence-electron chi connectivity index (χ0n) is 11.2. The second kappa shape index (κ2) is 5.04. The van der Waals surface area contributed by atoms with Gasteiger partial charge in [0.05, 0.1) is 13.2 Å². The summed E-state index contributed by atoms with van der Waals surface area (Å²) in [6.07, 6.45) is 2.45. The average molecular weight is 256 g/mol. The first-order chi connectivity index (χ1) is 8.08. The van der Waals surface area contributed by atoms with E-state index in [0.29, 0.717) is 13.2 Å². The van der Waals surface area contributed by atoms with Crippen molar-refractivity contribution >= 4 is 11.3 Å². The van der Waals surface area contributed by atoms with Gasteiger partial charge in [-0.3, -0.25) is 0 Å². The van der Waals surface area contributed by atoms with E-state index in [4.69, 9.17) is 9.47 Å². The lowest BCUT2D eigenvalue weighted by atomic mass is 10.2. The fourth-order valence-corrected chi connectivity index (χ4v) is 3.54. The van der Waals surface area contributed by atoms with Gasteiger partial charge in [0.25, 0.3) is 0 Å². The molecule has 0 aromatic carbocycles. The standard InChI is InChI=1S/C13H22NO2S/c1-5-6-7-14-10(2)12(17-11(14)3)13(4)15-8-9-16-13/h5-9H2,1-4H3/q+1. The molecule has 1 aromatic rings. The van der Waals surface area contributed by atoms with Crippen molar-refractivity contribution in [1.29, 1.82) is 0 Å². The Balaban J connectivity index is 2.29. The Morgan fingerprint density at radius 2 is 1.94 bits per heavy atom. The molecular weight excluding hydrogens is 234 g/mol. The van der Waals surface area contributed by atoms with Gasteiger partial charge in [0.15, 0.2) is 5.69 Å². The third-order valence-electron chi connectivity index (χ3n) is 3.35. The maximum absolute atomic E-state index is 5.75. The third kappa shape index (κ3) is 2.39. The minimum atomic E-state index is -0.517. The van der Waals surface area contributed by atoms with Crippen LogP contribution in [0.1, 0.15) is 42.3 Å². The predicted octanol–water partition coefficient (Wildman–Crippen LogP) is 2.67. The fourth-order valence-electron chi connectivity index (χ4n) is 2.34. The van der Waals surface area contributed by atoms with Crippen LogP contribution in [0.3, 0.4) is 0 Å². The molecule has 2 heterocycles. The molecule has 0 spiro atoms. The number of thiazole rings is 1. The average Bonchev–Trinajstić information content (AvgIpc) is 2.84. The molecule has 17 heavy (non-hydrogen) atoms. The smallest absolute Gasteiger partial charge is 0.234 e. The lowest BCUT2D eigenvalue weighted by Crippen LogP contribution is -2.38. The Morgan fingerprint density at radius 1 is 1.29 bits per heavy atom. The molecule has 1 aliphatic rings. The molecule has 0 saturated carbocycles. The summed E-state index contributed by atoms with van der Waals surface area (Å²) in [6.45, 7) is 11.1. The van der Waals surface area contributed by atoms with Gasteiger partial charge in [-0.25, -0.2) is 0 Å². The molecule has 0 atom stereocenters. The van der Waals surface area contributed by atoms with Gasteiger partial charge in [0.1, 0.15) is 11.4 Å². The second-order valence-corrected chi connectivity index (χ2v) is 5.89. The lowest BCUT2D eigenvalue weighted by molar-refractivity contribution is -0.704. The van der Waals surface area contributed by atoms with E-state index in [1.165, 1.54) is 28.4 Å². The molecule has 0 unspecified atom stereocenters. The summed E-state index contributed by atoms with van der Waals surface area (Å²) >= 11 is 1.80. The molecule has 1 fully saturated rings. The number of hydrogen-bond acceptors (Lipinski definition) is 3. The van der Waals surface area contributed by atoms with Crippen molar-refractivity contribution in [2.24, 2.45) is 0 Å². The highest BCUT2D eigenvalue weighted by atomic mass is 32.1. The van der Waals surface area contributed by atoms with Crippen LogP contribution in [-0.2, 0) is 21.8 Å². The summed E-state index contributed by atoms with van der Waals surface area (Å²) in [5.74, 6) is -0.517. The van der Waals surface area contributed by atoms with Gasteiger partial charge >= 0.3 is 0 Å². The van der Waals surface area contributed by atoms with Crippen LogP contribution in [0.15, 0.2) is 0 Å². The van der Waals surface area contributed by atoms with E-state index < -0.39 is 5.79 Å². The summed E-state index contributed by atoms with van der Waals surface area (Å²) < 4.78 is 13.9. The van der Waals surface area contributed by atoms with Crippen LogP contribution in [0, 0.1) is 13.8 Å². The zero-order valence-corrected chi connectivity index (χ0v) is 12.0. The van der Waals surface area contributed by atoms with Crippen LogP contribution in [0.2, 0.25) is 0 Å². The molecule has 3 nitrogen and oxygen atoms in total. The zero-order chi connectivity index (χ0) is 12.5. The summed E-state index contributed by atoms with van der Waals surface area (Å²) in [5, 5.41) is 1.34. The number of aromatic nitrogens is 1. The van der Waals surface area contributed by atoms with Crippen molar-refractivity contribution in [3.8, 4) is 0 Å². The van der Waals surface area contributed by atoms with E-state index in [0.717, 1.165) is 6.54 Å². The Morgan fingerprint density at radius 3 is 2.53 bits per heavy atom. The van der Waals surface area contributed by atoms with Crippen LogP contribution >= 0.6 is 11.3 Å². The van der Waals surface area contributed by atoms with E-state index in [1.54, 1.807) is 11.3 Å². The monoisotopic (exact) mass is 256 g/mol. The maximum atomic E-state index is 5.75. The fraction of sp³-hybridized carbons (Fsp3) is 0.769. The number of ether oxygens (including phenoxy) is 2. The van der Waals surface area contributed by atoms with E-state index in [1.807, 2.05) is 6.92 Å². The SMILES string of the molecule is CCCC[n+]1c(C)sc(C2(C)OCCO2)c1C. The van der Waals surface area contributed by atoms with Gasteiger partial charge in [-0.15, -0.1) is 0 Å². The molecule has 1 saturated heterocycles. The first-order valence-corrected chi connectivity index (χ1v) is 7.18. The Bertz CT molecular complexity index is 394. The van der Waals surface area contributed by atoms with Crippen molar-refractivity contribution in [1.82, 2.24) is 0 Å². The van der Waals surface area contributed by atoms with Gasteiger partial charge < -0.3 is 9.47 Å². The molecule has 0 amide bonds. The molecule has 0 bridgehead atoms. The van der Waals surface area contributed by atoms with Gasteiger partial charge in [0.2, 0.25) is 10.8 Å². The van der Waals surface area contributed by atoms with Crippen molar-refractivity contribution in [3.05, 3.63) is 15.6 Å². The van der Waals surface area contributed by atoms with Crippen molar-refractivity contribution < 1.29 is 14.0 Å². The van der Waals surface area contributed by atoms with E-state index in [2.05, 4.69) is 25.3 Å². The van der Waals surface area contributed by atoms with Gasteiger partial charge in [-0.1, -0.05) is 24.7 Å². The van der Waals surface area contributed by atoms with E-state index in [-0.39, 0.29) is 0 Å². The summed E-state index contributed by atoms with van der Waals surface area (Å²) in [4.78, 5) is 1.23. The number of nitrogens with zero attached hydrogens (tertiary/aromatic N) is 1. The normalized spacial score (nSPS) is 18.8. The Labute approximate surface area is 107 Å². The number of aryl methyl sites for hydroxylation is 1. The van der Waals surface area contributed by atoms with Crippen LogP contribution in [0.5, 0.6) is 0 Å². The van der Waals surface area contributed by atoms with Crippen molar-refractivity contribution in [3.63, 3.8) is 0 Å². The van der Waals surface area contributed by atoms with E-state index >= 15 is 0 Å². The van der Waals surface area contributed by atoms with Crippen molar-refractivity contribution in [2.75, 3.05) is 13.2 Å². The van der Waals surface area contributed by atoms with Gasteiger partial charge in [-0.05, 0) is 6.92 Å². The number of unbranched alkanes of at least 4 members (excludes halogenated alkanes) is 1. The third-order valence-corrected chi connectivity index (χ3v) is 4.74. The molecular formula is C13H22NO2S+. The largest absolute Gasteiger partial charge is 0.343 e. The molecule has 1 aromatic heterocycles. The molecule has 1 aliphatic heterocycles. The minimum Gasteiger partial charge on any atom is -0.343 e. The first kappa shape index (κ1) is 13.0. The predicted molar refractivity (Wildman–Crippen MR) is 68.2 cm³/mol. The van der Waals surface area contributed by atoms with Crippen LogP contribution < -0.4 is 4.57 Å². The lowest BCUT2D eigenvalue weighted by Gasteiger charge is -2.19. The first-order valence-electron chi connectivity index (χ1n) is 6.36. The Kier molecular flexibility index (Phi) is 3.85. The molecule has 4 heteroatoms. The maximum Gasteiger partial charge on any atom is 0.234 e. The quantitative estimate of drug-likeness (QED) is 0.773. The topological polar surface area (TPSA) is 22.3 Å².